The third-order valence-electron chi connectivity index (χ3n) is 6.90. The molecule has 1 fully saturated rings. The number of halogens is 2. The van der Waals surface area contributed by atoms with Gasteiger partial charge in [-0.1, -0.05) is 48.5 Å². The van der Waals surface area contributed by atoms with Crippen LogP contribution in [0.2, 0.25) is 0 Å². The van der Waals surface area contributed by atoms with Gasteiger partial charge in [-0.05, 0) is 34.4 Å². The number of hydrogen-bond donors (Lipinski definition) is 0. The van der Waals surface area contributed by atoms with E-state index in [1.54, 1.807) is 0 Å². The second kappa shape index (κ2) is 6.18. The van der Waals surface area contributed by atoms with Crippen LogP contribution < -0.4 is 4.90 Å². The van der Waals surface area contributed by atoms with Crippen molar-refractivity contribution in [2.75, 3.05) is 4.90 Å². The highest BCUT2D eigenvalue weighted by atomic mass is 35.5. The number of amides is 2. The Hall–Kier alpha value is -3.22. The van der Waals surface area contributed by atoms with Gasteiger partial charge in [0.1, 0.15) is 9.75 Å². The molecule has 0 aromatic heterocycles. The predicted octanol–water partition coefficient (Wildman–Crippen LogP) is 4.69. The van der Waals surface area contributed by atoms with Crippen LogP contribution in [0.3, 0.4) is 0 Å². The zero-order valence-electron chi connectivity index (χ0n) is 16.4. The van der Waals surface area contributed by atoms with Crippen molar-refractivity contribution >= 4 is 46.4 Å². The molecule has 3 aromatic rings. The van der Waals surface area contributed by atoms with E-state index < -0.39 is 38.3 Å². The average molecular weight is 465 g/mol. The van der Waals surface area contributed by atoms with E-state index in [2.05, 4.69) is 0 Å². The topological polar surface area (TPSA) is 80.5 Å². The van der Waals surface area contributed by atoms with E-state index in [0.717, 1.165) is 27.2 Å². The molecule has 32 heavy (non-hydrogen) atoms. The van der Waals surface area contributed by atoms with Gasteiger partial charge in [0.05, 0.1) is 22.4 Å². The van der Waals surface area contributed by atoms with Crippen molar-refractivity contribution < 1.29 is 14.5 Å². The first-order valence-corrected chi connectivity index (χ1v) is 10.8. The Kier molecular flexibility index (Phi) is 3.76. The van der Waals surface area contributed by atoms with E-state index in [1.165, 1.54) is 24.3 Å². The van der Waals surface area contributed by atoms with Gasteiger partial charge in [0.25, 0.3) is 5.69 Å². The van der Waals surface area contributed by atoms with Crippen LogP contribution in [0.4, 0.5) is 11.4 Å². The molecule has 0 N–H and O–H groups in total. The summed E-state index contributed by atoms with van der Waals surface area (Å²) in [7, 11) is 0. The Morgan fingerprint density at radius 3 is 1.44 bits per heavy atom. The van der Waals surface area contributed by atoms with Gasteiger partial charge in [0, 0.05) is 12.1 Å². The Bertz CT molecular complexity index is 1230. The predicted molar refractivity (Wildman–Crippen MR) is 119 cm³/mol. The van der Waals surface area contributed by atoms with Gasteiger partial charge in [-0.3, -0.25) is 19.7 Å². The summed E-state index contributed by atoms with van der Waals surface area (Å²) in [5.41, 5.74) is 3.03. The monoisotopic (exact) mass is 464 g/mol. The lowest BCUT2D eigenvalue weighted by Gasteiger charge is -2.54. The minimum Gasteiger partial charge on any atom is -0.274 e. The fraction of sp³-hybridized carbons (Fsp3) is 0.167. The number of carbonyl (C=O) groups excluding carboxylic acids is 2. The molecular formula is C24H14Cl2N2O4. The normalized spacial score (nSPS) is 29.5. The first kappa shape index (κ1) is 19.5. The molecule has 3 aromatic carbocycles. The summed E-state index contributed by atoms with van der Waals surface area (Å²) in [6.07, 6.45) is 0. The molecule has 0 saturated carbocycles. The summed E-state index contributed by atoms with van der Waals surface area (Å²) in [6, 6.07) is 20.1. The van der Waals surface area contributed by atoms with E-state index in [0.29, 0.717) is 0 Å². The van der Waals surface area contributed by atoms with Gasteiger partial charge in [-0.15, -0.1) is 23.2 Å². The summed E-state index contributed by atoms with van der Waals surface area (Å²) in [5.74, 6) is -2.74. The summed E-state index contributed by atoms with van der Waals surface area (Å²) < 4.78 is 0. The highest BCUT2D eigenvalue weighted by molar-refractivity contribution is 6.38. The van der Waals surface area contributed by atoms with Crippen molar-refractivity contribution in [1.29, 1.82) is 0 Å². The van der Waals surface area contributed by atoms with Crippen LogP contribution in [-0.4, -0.2) is 16.7 Å². The van der Waals surface area contributed by atoms with E-state index in [4.69, 9.17) is 23.2 Å². The molecule has 158 valence electrons. The number of rotatable bonds is 2. The number of hydrogen-bond acceptors (Lipinski definition) is 4. The lowest BCUT2D eigenvalue weighted by Crippen LogP contribution is -2.57. The number of benzene rings is 3. The zero-order valence-corrected chi connectivity index (χ0v) is 17.9. The number of nitrogens with zero attached hydrogens (tertiary/aromatic N) is 2. The molecular weight excluding hydrogens is 451 g/mol. The number of alkyl halides is 2. The average Bonchev–Trinajstić information content (AvgIpc) is 3.08. The molecule has 2 bridgehead atoms. The molecule has 3 aliphatic carbocycles. The van der Waals surface area contributed by atoms with Crippen molar-refractivity contribution in [2.45, 2.75) is 9.75 Å². The maximum Gasteiger partial charge on any atom is 0.269 e. The number of non-ortho nitro benzene ring substituents is 1. The van der Waals surface area contributed by atoms with Crippen molar-refractivity contribution in [3.05, 3.63) is 105 Å². The molecule has 0 radical (unpaired) electrons. The van der Waals surface area contributed by atoms with Gasteiger partial charge in [-0.25, -0.2) is 4.90 Å². The minimum absolute atomic E-state index is 0.132. The first-order chi connectivity index (χ1) is 15.3. The maximum atomic E-state index is 13.8. The van der Waals surface area contributed by atoms with Gasteiger partial charge in [-0.2, -0.15) is 0 Å². The number of nitro benzene ring substituents is 1. The molecule has 1 aliphatic heterocycles. The Morgan fingerprint density at radius 2 is 1.09 bits per heavy atom. The molecule has 0 spiro atoms. The van der Waals surface area contributed by atoms with Crippen LogP contribution in [0, 0.1) is 22.0 Å². The van der Waals surface area contributed by atoms with Crippen molar-refractivity contribution in [3.63, 3.8) is 0 Å². The quantitative estimate of drug-likeness (QED) is 0.238. The molecule has 6 nitrogen and oxygen atoms in total. The third kappa shape index (κ3) is 2.07. The maximum absolute atomic E-state index is 13.8. The largest absolute Gasteiger partial charge is 0.274 e. The molecule has 2 atom stereocenters. The molecule has 0 unspecified atom stereocenters. The van der Waals surface area contributed by atoms with Crippen molar-refractivity contribution in [3.8, 4) is 0 Å². The number of nitro groups is 1. The second-order valence-corrected chi connectivity index (χ2v) is 9.45. The number of anilines is 1. The standard InChI is InChI=1S/C24H14Cl2N2O4/c25-23-15-5-1-2-6-16(15)24(26,18-8-4-3-7-17(18)23)20-19(23)21(29)27(22(20)30)13-9-11-14(12-10-13)28(31)32/h1-12,19-20H/t19-,20-,23?,24?/m0/s1. The first-order valence-electron chi connectivity index (χ1n) is 10.0. The number of imide groups is 1. The highest BCUT2D eigenvalue weighted by Crippen LogP contribution is 2.69. The fourth-order valence-corrected chi connectivity index (χ4v) is 6.74. The van der Waals surface area contributed by atoms with Crippen molar-refractivity contribution in [1.82, 2.24) is 0 Å². The Morgan fingerprint density at radius 1 is 0.719 bits per heavy atom. The van der Waals surface area contributed by atoms with Gasteiger partial charge in [0.15, 0.2) is 0 Å². The highest BCUT2D eigenvalue weighted by Gasteiger charge is 2.73. The summed E-state index contributed by atoms with van der Waals surface area (Å²) in [6.45, 7) is 0. The van der Waals surface area contributed by atoms with Crippen LogP contribution in [0.1, 0.15) is 22.3 Å². The van der Waals surface area contributed by atoms with E-state index in [9.17, 15) is 19.7 Å². The fourth-order valence-electron chi connectivity index (χ4n) is 5.65. The second-order valence-electron chi connectivity index (χ2n) is 8.26. The summed E-state index contributed by atoms with van der Waals surface area (Å²) in [4.78, 5) is 36.6. The van der Waals surface area contributed by atoms with Crippen molar-refractivity contribution in [2.24, 2.45) is 11.8 Å². The Balaban J connectivity index is 1.60. The SMILES string of the molecule is O=C1[C@@H]2[C@@H](C(=O)N1c1ccc([N+](=O)[O-])cc1)C1(Cl)c3ccccc3C2(Cl)c2ccccc21. The molecule has 4 aliphatic rings. The van der Waals surface area contributed by atoms with Crippen LogP contribution in [0.5, 0.6) is 0 Å². The van der Waals surface area contributed by atoms with Gasteiger partial charge >= 0.3 is 0 Å². The van der Waals surface area contributed by atoms with Gasteiger partial charge < -0.3 is 0 Å². The molecule has 1 heterocycles. The van der Waals surface area contributed by atoms with Crippen LogP contribution in [-0.2, 0) is 19.3 Å². The summed E-state index contributed by atoms with van der Waals surface area (Å²) in [5, 5.41) is 11.0. The van der Waals surface area contributed by atoms with E-state index >= 15 is 0 Å². The zero-order chi connectivity index (χ0) is 22.4. The summed E-state index contributed by atoms with van der Waals surface area (Å²) >= 11 is 14.7. The van der Waals surface area contributed by atoms with Crippen LogP contribution in [0.25, 0.3) is 0 Å². The third-order valence-corrected chi connectivity index (χ3v) is 8.19. The molecule has 7 rings (SSSR count). The van der Waals surface area contributed by atoms with E-state index in [-0.39, 0.29) is 11.4 Å². The Labute approximate surface area is 192 Å². The number of carbonyl (C=O) groups is 2. The smallest absolute Gasteiger partial charge is 0.269 e. The van der Waals surface area contributed by atoms with Gasteiger partial charge in [0.2, 0.25) is 11.8 Å². The lowest BCUT2D eigenvalue weighted by molar-refractivity contribution is -0.384. The van der Waals surface area contributed by atoms with Crippen LogP contribution >= 0.6 is 23.2 Å². The van der Waals surface area contributed by atoms with E-state index in [1.807, 2.05) is 48.5 Å². The lowest BCUT2D eigenvalue weighted by atomic mass is 9.54. The molecule has 1 saturated heterocycles. The molecule has 8 heteroatoms. The molecule has 2 amide bonds. The van der Waals surface area contributed by atoms with Crippen LogP contribution in [0.15, 0.2) is 72.8 Å². The minimum atomic E-state index is -1.25.